The Labute approximate surface area is 114 Å². The molecule has 19 heavy (non-hydrogen) atoms. The van der Waals surface area contributed by atoms with E-state index in [0.717, 1.165) is 30.6 Å². The summed E-state index contributed by atoms with van der Waals surface area (Å²) < 4.78 is 10.8. The first kappa shape index (κ1) is 13.9. The van der Waals surface area contributed by atoms with E-state index in [-0.39, 0.29) is 12.0 Å². The maximum atomic E-state index is 12.3. The predicted molar refractivity (Wildman–Crippen MR) is 73.8 cm³/mol. The van der Waals surface area contributed by atoms with Gasteiger partial charge in [0, 0.05) is 13.2 Å². The van der Waals surface area contributed by atoms with Crippen molar-refractivity contribution in [2.24, 2.45) is 0 Å². The molecule has 4 nitrogen and oxygen atoms in total. The molecule has 0 aromatic heterocycles. The van der Waals surface area contributed by atoms with Crippen molar-refractivity contribution in [1.29, 1.82) is 0 Å². The molecule has 1 aliphatic heterocycles. The van der Waals surface area contributed by atoms with Crippen molar-refractivity contribution in [2.45, 2.75) is 32.8 Å². The van der Waals surface area contributed by atoms with Crippen LogP contribution in [0.3, 0.4) is 0 Å². The van der Waals surface area contributed by atoms with Crippen LogP contribution in [0, 0.1) is 13.8 Å². The molecule has 1 fully saturated rings. The fourth-order valence-corrected chi connectivity index (χ4v) is 2.48. The summed E-state index contributed by atoms with van der Waals surface area (Å²) in [5.74, 6) is 0.534. The van der Waals surface area contributed by atoms with Crippen LogP contribution in [-0.4, -0.2) is 32.3 Å². The molecular formula is C15H21NO3. The van der Waals surface area contributed by atoms with Gasteiger partial charge in [0.15, 0.2) is 0 Å². The number of rotatable bonds is 4. The number of aryl methyl sites for hydroxylation is 2. The molecule has 0 spiro atoms. The highest BCUT2D eigenvalue weighted by Gasteiger charge is 2.19. The summed E-state index contributed by atoms with van der Waals surface area (Å²) >= 11 is 0. The first-order valence-corrected chi connectivity index (χ1v) is 6.67. The summed E-state index contributed by atoms with van der Waals surface area (Å²) in [4.78, 5) is 12.3. The highest BCUT2D eigenvalue weighted by atomic mass is 16.5. The molecule has 1 unspecified atom stereocenters. The zero-order valence-corrected chi connectivity index (χ0v) is 11.8. The summed E-state index contributed by atoms with van der Waals surface area (Å²) in [6, 6.07) is 3.87. The van der Waals surface area contributed by atoms with Crippen molar-refractivity contribution in [3.05, 3.63) is 28.8 Å². The van der Waals surface area contributed by atoms with Gasteiger partial charge in [-0.25, -0.2) is 0 Å². The maximum Gasteiger partial charge on any atom is 0.255 e. The molecule has 0 aliphatic carbocycles. The van der Waals surface area contributed by atoms with Gasteiger partial charge in [0.1, 0.15) is 5.75 Å². The van der Waals surface area contributed by atoms with Crippen LogP contribution < -0.4 is 10.1 Å². The van der Waals surface area contributed by atoms with Crippen molar-refractivity contribution in [3.63, 3.8) is 0 Å². The van der Waals surface area contributed by atoms with E-state index in [9.17, 15) is 4.79 Å². The Balaban J connectivity index is 2.09. The monoisotopic (exact) mass is 263 g/mol. The lowest BCUT2D eigenvalue weighted by Gasteiger charge is -2.15. The van der Waals surface area contributed by atoms with Gasteiger partial charge < -0.3 is 14.8 Å². The standard InChI is InChI=1S/C15H21NO3/c1-10-7-11(2)14(13(8-10)18-3)15(17)16-9-12-5-4-6-19-12/h7-8,12H,4-6,9H2,1-3H3,(H,16,17). The molecule has 4 heteroatoms. The predicted octanol–water partition coefficient (Wildman–Crippen LogP) is 2.22. The molecule has 1 saturated heterocycles. The van der Waals surface area contributed by atoms with Crippen LogP contribution in [-0.2, 0) is 4.74 Å². The smallest absolute Gasteiger partial charge is 0.255 e. The van der Waals surface area contributed by atoms with E-state index in [4.69, 9.17) is 9.47 Å². The number of carbonyl (C=O) groups is 1. The Morgan fingerprint density at radius 3 is 2.89 bits per heavy atom. The Morgan fingerprint density at radius 2 is 2.26 bits per heavy atom. The van der Waals surface area contributed by atoms with Gasteiger partial charge in [0.2, 0.25) is 0 Å². The molecule has 1 amide bonds. The van der Waals surface area contributed by atoms with Crippen LogP contribution in [0.4, 0.5) is 0 Å². The highest BCUT2D eigenvalue weighted by Crippen LogP contribution is 2.24. The normalized spacial score (nSPS) is 18.4. The molecule has 1 N–H and O–H groups in total. The molecule has 1 aliphatic rings. The van der Waals surface area contributed by atoms with Gasteiger partial charge in [-0.1, -0.05) is 6.07 Å². The number of methoxy groups -OCH3 is 1. The Bertz CT molecular complexity index is 465. The third kappa shape index (κ3) is 3.26. The van der Waals surface area contributed by atoms with Crippen molar-refractivity contribution in [2.75, 3.05) is 20.3 Å². The Kier molecular flexibility index (Phi) is 4.43. The summed E-state index contributed by atoms with van der Waals surface area (Å²) in [6.45, 7) is 5.28. The Hall–Kier alpha value is -1.55. The zero-order chi connectivity index (χ0) is 13.8. The van der Waals surface area contributed by atoms with E-state index in [1.54, 1.807) is 7.11 Å². The van der Waals surface area contributed by atoms with E-state index in [0.29, 0.717) is 17.9 Å². The lowest BCUT2D eigenvalue weighted by molar-refractivity contribution is 0.0855. The summed E-state index contributed by atoms with van der Waals surface area (Å²) in [6.07, 6.45) is 2.25. The van der Waals surface area contributed by atoms with E-state index < -0.39 is 0 Å². The lowest BCUT2D eigenvalue weighted by Crippen LogP contribution is -2.32. The van der Waals surface area contributed by atoms with Crippen LogP contribution in [0.1, 0.15) is 34.3 Å². The largest absolute Gasteiger partial charge is 0.496 e. The molecule has 2 rings (SSSR count). The van der Waals surface area contributed by atoms with Gasteiger partial charge >= 0.3 is 0 Å². The zero-order valence-electron chi connectivity index (χ0n) is 11.8. The number of hydrogen-bond donors (Lipinski definition) is 1. The van der Waals surface area contributed by atoms with Crippen LogP contribution in [0.5, 0.6) is 5.75 Å². The van der Waals surface area contributed by atoms with Crippen LogP contribution >= 0.6 is 0 Å². The lowest BCUT2D eigenvalue weighted by atomic mass is 10.0. The quantitative estimate of drug-likeness (QED) is 0.906. The number of amides is 1. The number of carbonyl (C=O) groups excluding carboxylic acids is 1. The van der Waals surface area contributed by atoms with Crippen LogP contribution in [0.15, 0.2) is 12.1 Å². The minimum atomic E-state index is -0.0927. The van der Waals surface area contributed by atoms with Gasteiger partial charge in [0.05, 0.1) is 18.8 Å². The van der Waals surface area contributed by atoms with Gasteiger partial charge in [0.25, 0.3) is 5.91 Å². The molecule has 0 radical (unpaired) electrons. The van der Waals surface area contributed by atoms with Crippen molar-refractivity contribution in [3.8, 4) is 5.75 Å². The number of nitrogens with one attached hydrogen (secondary N) is 1. The van der Waals surface area contributed by atoms with E-state index in [1.807, 2.05) is 26.0 Å². The first-order chi connectivity index (χ1) is 9.11. The summed E-state index contributed by atoms with van der Waals surface area (Å²) in [5, 5.41) is 2.93. The van der Waals surface area contributed by atoms with Gasteiger partial charge in [-0.05, 0) is 43.9 Å². The summed E-state index contributed by atoms with van der Waals surface area (Å²) in [7, 11) is 1.59. The second-order valence-corrected chi connectivity index (χ2v) is 5.00. The van der Waals surface area contributed by atoms with E-state index >= 15 is 0 Å². The average molecular weight is 263 g/mol. The van der Waals surface area contributed by atoms with Crippen molar-refractivity contribution >= 4 is 5.91 Å². The average Bonchev–Trinajstić information content (AvgIpc) is 2.88. The first-order valence-electron chi connectivity index (χ1n) is 6.67. The van der Waals surface area contributed by atoms with Crippen molar-refractivity contribution < 1.29 is 14.3 Å². The molecule has 0 saturated carbocycles. The molecule has 1 heterocycles. The maximum absolute atomic E-state index is 12.3. The van der Waals surface area contributed by atoms with Crippen molar-refractivity contribution in [1.82, 2.24) is 5.32 Å². The fourth-order valence-electron chi connectivity index (χ4n) is 2.48. The SMILES string of the molecule is COc1cc(C)cc(C)c1C(=O)NCC1CCCO1. The van der Waals surface area contributed by atoms with E-state index in [1.165, 1.54) is 0 Å². The molecule has 1 aromatic rings. The molecule has 1 atom stereocenters. The van der Waals surface area contributed by atoms with Crippen LogP contribution in [0.25, 0.3) is 0 Å². The number of benzene rings is 1. The minimum absolute atomic E-state index is 0.0927. The van der Waals surface area contributed by atoms with Gasteiger partial charge in [-0.2, -0.15) is 0 Å². The number of hydrogen-bond acceptors (Lipinski definition) is 3. The minimum Gasteiger partial charge on any atom is -0.496 e. The summed E-state index contributed by atoms with van der Waals surface area (Å²) in [5.41, 5.74) is 2.64. The molecule has 1 aromatic carbocycles. The Morgan fingerprint density at radius 1 is 1.47 bits per heavy atom. The van der Waals surface area contributed by atoms with Gasteiger partial charge in [-0.3, -0.25) is 4.79 Å². The van der Waals surface area contributed by atoms with E-state index in [2.05, 4.69) is 5.32 Å². The fraction of sp³-hybridized carbons (Fsp3) is 0.533. The third-order valence-electron chi connectivity index (χ3n) is 3.40. The second-order valence-electron chi connectivity index (χ2n) is 5.00. The second kappa shape index (κ2) is 6.06. The highest BCUT2D eigenvalue weighted by molar-refractivity contribution is 5.98. The third-order valence-corrected chi connectivity index (χ3v) is 3.40. The topological polar surface area (TPSA) is 47.6 Å². The molecule has 0 bridgehead atoms. The molecule has 104 valence electrons. The molecular weight excluding hydrogens is 242 g/mol. The number of ether oxygens (including phenoxy) is 2. The van der Waals surface area contributed by atoms with Crippen LogP contribution in [0.2, 0.25) is 0 Å². The van der Waals surface area contributed by atoms with Gasteiger partial charge in [-0.15, -0.1) is 0 Å².